The SMILES string of the molecule is O=C(OCc1ccccc1)N1CCCN(c2ccc(C3=NCCO3)cn2)CC1. The van der Waals surface area contributed by atoms with E-state index in [1.807, 2.05) is 42.5 Å². The zero-order chi connectivity index (χ0) is 19.2. The molecule has 1 fully saturated rings. The standard InChI is InChI=1S/C21H24N4O3/c26-21(28-16-17-5-2-1-3-6-17)25-11-4-10-24(12-13-25)19-8-7-18(15-23-19)20-22-9-14-27-20/h1-3,5-8,15H,4,9-14,16H2. The molecule has 1 aromatic heterocycles. The summed E-state index contributed by atoms with van der Waals surface area (Å²) >= 11 is 0. The van der Waals surface area contributed by atoms with Gasteiger partial charge in [0.2, 0.25) is 5.90 Å². The molecule has 146 valence electrons. The monoisotopic (exact) mass is 380 g/mol. The van der Waals surface area contributed by atoms with E-state index < -0.39 is 0 Å². The molecule has 0 bridgehead atoms. The number of carbonyl (C=O) groups is 1. The Morgan fingerprint density at radius 2 is 1.96 bits per heavy atom. The second-order valence-electron chi connectivity index (χ2n) is 6.81. The summed E-state index contributed by atoms with van der Waals surface area (Å²) in [6.07, 6.45) is 2.42. The summed E-state index contributed by atoms with van der Waals surface area (Å²) in [4.78, 5) is 25.3. The third-order valence-electron chi connectivity index (χ3n) is 4.86. The largest absolute Gasteiger partial charge is 0.475 e. The van der Waals surface area contributed by atoms with Crippen molar-refractivity contribution in [3.63, 3.8) is 0 Å². The lowest BCUT2D eigenvalue weighted by Crippen LogP contribution is -2.35. The van der Waals surface area contributed by atoms with E-state index in [4.69, 9.17) is 9.47 Å². The van der Waals surface area contributed by atoms with Gasteiger partial charge in [-0.2, -0.15) is 0 Å². The molecule has 2 aromatic rings. The Kier molecular flexibility index (Phi) is 5.70. The van der Waals surface area contributed by atoms with Crippen molar-refractivity contribution in [1.29, 1.82) is 0 Å². The lowest BCUT2D eigenvalue weighted by atomic mass is 10.2. The van der Waals surface area contributed by atoms with E-state index in [0.29, 0.717) is 38.7 Å². The molecule has 1 aromatic carbocycles. The molecule has 0 aliphatic carbocycles. The molecule has 1 amide bonds. The topological polar surface area (TPSA) is 67.3 Å². The highest BCUT2D eigenvalue weighted by molar-refractivity contribution is 5.94. The number of carbonyl (C=O) groups excluding carboxylic acids is 1. The lowest BCUT2D eigenvalue weighted by molar-refractivity contribution is 0.0986. The molecule has 0 N–H and O–H groups in total. The fourth-order valence-corrected chi connectivity index (χ4v) is 3.35. The maximum atomic E-state index is 12.4. The van der Waals surface area contributed by atoms with E-state index in [1.54, 1.807) is 11.1 Å². The first kappa shape index (κ1) is 18.3. The van der Waals surface area contributed by atoms with Crippen LogP contribution in [0.15, 0.2) is 53.7 Å². The van der Waals surface area contributed by atoms with Gasteiger partial charge in [0.25, 0.3) is 0 Å². The van der Waals surface area contributed by atoms with Crippen molar-refractivity contribution < 1.29 is 14.3 Å². The van der Waals surface area contributed by atoms with Crippen molar-refractivity contribution in [2.75, 3.05) is 44.2 Å². The number of pyridine rings is 1. The number of aliphatic imine (C=N–C) groups is 1. The summed E-state index contributed by atoms with van der Waals surface area (Å²) in [5, 5.41) is 0. The quantitative estimate of drug-likeness (QED) is 0.816. The number of hydrogen-bond donors (Lipinski definition) is 0. The molecule has 2 aliphatic rings. The predicted molar refractivity (Wildman–Crippen MR) is 107 cm³/mol. The Hall–Kier alpha value is -3.09. The Morgan fingerprint density at radius 3 is 2.71 bits per heavy atom. The lowest BCUT2D eigenvalue weighted by Gasteiger charge is -2.22. The minimum Gasteiger partial charge on any atom is -0.475 e. The summed E-state index contributed by atoms with van der Waals surface area (Å²) in [5.74, 6) is 1.57. The number of amides is 1. The molecule has 0 radical (unpaired) electrons. The van der Waals surface area contributed by atoms with Crippen molar-refractivity contribution in [3.05, 3.63) is 59.8 Å². The molecule has 7 nitrogen and oxygen atoms in total. The van der Waals surface area contributed by atoms with Gasteiger partial charge < -0.3 is 19.3 Å². The van der Waals surface area contributed by atoms with E-state index in [-0.39, 0.29) is 6.09 Å². The van der Waals surface area contributed by atoms with Crippen molar-refractivity contribution >= 4 is 17.8 Å². The van der Waals surface area contributed by atoms with Crippen LogP contribution < -0.4 is 4.90 Å². The van der Waals surface area contributed by atoms with Crippen LogP contribution in [0.2, 0.25) is 0 Å². The minimum atomic E-state index is -0.259. The third kappa shape index (κ3) is 4.42. The molecule has 28 heavy (non-hydrogen) atoms. The number of hydrogen-bond acceptors (Lipinski definition) is 6. The number of rotatable bonds is 4. The van der Waals surface area contributed by atoms with E-state index in [0.717, 1.165) is 36.5 Å². The number of anilines is 1. The van der Waals surface area contributed by atoms with Gasteiger partial charge in [0.1, 0.15) is 19.0 Å². The Labute approximate surface area is 164 Å². The van der Waals surface area contributed by atoms with Crippen LogP contribution in [0.4, 0.5) is 10.6 Å². The van der Waals surface area contributed by atoms with Crippen LogP contribution >= 0.6 is 0 Å². The van der Waals surface area contributed by atoms with Crippen molar-refractivity contribution in [3.8, 4) is 0 Å². The average molecular weight is 380 g/mol. The highest BCUT2D eigenvalue weighted by atomic mass is 16.6. The summed E-state index contributed by atoms with van der Waals surface area (Å²) < 4.78 is 10.9. The van der Waals surface area contributed by atoms with Gasteiger partial charge in [-0.3, -0.25) is 0 Å². The highest BCUT2D eigenvalue weighted by Gasteiger charge is 2.21. The van der Waals surface area contributed by atoms with E-state index in [9.17, 15) is 4.79 Å². The molecular formula is C21H24N4O3. The third-order valence-corrected chi connectivity index (χ3v) is 4.86. The maximum Gasteiger partial charge on any atom is 0.410 e. The van der Waals surface area contributed by atoms with E-state index in [2.05, 4.69) is 14.9 Å². The van der Waals surface area contributed by atoms with Crippen LogP contribution in [0.3, 0.4) is 0 Å². The van der Waals surface area contributed by atoms with Gasteiger partial charge in [-0.05, 0) is 24.1 Å². The fraction of sp³-hybridized carbons (Fsp3) is 0.381. The first-order valence-corrected chi connectivity index (χ1v) is 9.64. The molecule has 4 rings (SSSR count). The molecule has 1 saturated heterocycles. The van der Waals surface area contributed by atoms with Gasteiger partial charge in [-0.1, -0.05) is 30.3 Å². The zero-order valence-electron chi connectivity index (χ0n) is 15.8. The summed E-state index contributed by atoms with van der Waals surface area (Å²) in [5.41, 5.74) is 1.90. The van der Waals surface area contributed by atoms with E-state index >= 15 is 0 Å². The molecule has 0 atom stereocenters. The van der Waals surface area contributed by atoms with Gasteiger partial charge >= 0.3 is 6.09 Å². The summed E-state index contributed by atoms with van der Waals surface area (Å²) in [7, 11) is 0. The van der Waals surface area contributed by atoms with Crippen LogP contribution in [-0.4, -0.2) is 61.2 Å². The van der Waals surface area contributed by atoms with Crippen LogP contribution in [0.1, 0.15) is 17.5 Å². The van der Waals surface area contributed by atoms with E-state index in [1.165, 1.54) is 0 Å². The Bertz CT molecular complexity index is 823. The fourth-order valence-electron chi connectivity index (χ4n) is 3.35. The van der Waals surface area contributed by atoms with Gasteiger partial charge in [-0.15, -0.1) is 0 Å². The number of benzene rings is 1. The molecule has 0 spiro atoms. The molecular weight excluding hydrogens is 356 g/mol. The van der Waals surface area contributed by atoms with Crippen molar-refractivity contribution in [2.24, 2.45) is 4.99 Å². The minimum absolute atomic E-state index is 0.259. The Balaban J connectivity index is 1.31. The highest BCUT2D eigenvalue weighted by Crippen LogP contribution is 2.16. The predicted octanol–water partition coefficient (Wildman–Crippen LogP) is 2.71. The first-order valence-electron chi connectivity index (χ1n) is 9.64. The normalized spacial score (nSPS) is 16.9. The molecule has 2 aliphatic heterocycles. The average Bonchev–Trinajstić information content (AvgIpc) is 3.17. The van der Waals surface area contributed by atoms with Crippen LogP contribution in [-0.2, 0) is 16.1 Å². The maximum absolute atomic E-state index is 12.4. The number of aromatic nitrogens is 1. The van der Waals surface area contributed by atoms with Crippen molar-refractivity contribution in [2.45, 2.75) is 13.0 Å². The number of ether oxygens (including phenoxy) is 2. The van der Waals surface area contributed by atoms with Gasteiger partial charge in [-0.25, -0.2) is 14.8 Å². The molecule has 3 heterocycles. The summed E-state index contributed by atoms with van der Waals surface area (Å²) in [6, 6.07) is 13.7. The Morgan fingerprint density at radius 1 is 1.07 bits per heavy atom. The van der Waals surface area contributed by atoms with Gasteiger partial charge in [0, 0.05) is 32.4 Å². The molecule has 0 saturated carbocycles. The van der Waals surface area contributed by atoms with Gasteiger partial charge in [0.15, 0.2) is 0 Å². The molecule has 0 unspecified atom stereocenters. The molecule has 7 heteroatoms. The van der Waals surface area contributed by atoms with Crippen LogP contribution in [0, 0.1) is 0 Å². The van der Waals surface area contributed by atoms with Crippen molar-refractivity contribution in [1.82, 2.24) is 9.88 Å². The second-order valence-corrected chi connectivity index (χ2v) is 6.81. The first-order chi connectivity index (χ1) is 13.8. The van der Waals surface area contributed by atoms with Crippen LogP contribution in [0.25, 0.3) is 0 Å². The van der Waals surface area contributed by atoms with Crippen LogP contribution in [0.5, 0.6) is 0 Å². The smallest absolute Gasteiger partial charge is 0.410 e. The zero-order valence-corrected chi connectivity index (χ0v) is 15.8. The number of nitrogens with zero attached hydrogens (tertiary/aromatic N) is 4. The second kappa shape index (κ2) is 8.73. The van der Waals surface area contributed by atoms with Gasteiger partial charge in [0.05, 0.1) is 12.1 Å². The summed E-state index contributed by atoms with van der Waals surface area (Å²) in [6.45, 7) is 4.53.